The van der Waals surface area contributed by atoms with Gasteiger partial charge in [0.15, 0.2) is 12.6 Å². The fourth-order valence-corrected chi connectivity index (χ4v) is 13.1. The van der Waals surface area contributed by atoms with E-state index >= 15 is 0 Å². The second-order valence-corrected chi connectivity index (χ2v) is 28.5. The van der Waals surface area contributed by atoms with Crippen LogP contribution >= 0.6 is 0 Å². The summed E-state index contributed by atoms with van der Waals surface area (Å²) in [6.07, 6.45) is 82.6. The van der Waals surface area contributed by atoms with E-state index < -0.39 is 86.8 Å². The van der Waals surface area contributed by atoms with Gasteiger partial charge in [0.05, 0.1) is 32.0 Å². The van der Waals surface area contributed by atoms with Crippen molar-refractivity contribution in [1.82, 2.24) is 5.32 Å². The van der Waals surface area contributed by atoms with Gasteiger partial charge in [0.1, 0.15) is 48.8 Å². The molecule has 2 fully saturated rings. The summed E-state index contributed by atoms with van der Waals surface area (Å²) in [6, 6.07) is -0.845. The SMILES string of the molecule is CC/C=C\C/C=C\C/C=C\C/C=C\C/C=C\C/C=C\C/C=C\C/C=C\C/C=C\CCCCCCCCCC(=O)NC(COC1OC(CO)C(OC2OC(CO)C(O)C(O)C2O)C(O)C1O)C(O)CCCCCCCCCCCCCCCCCCCCCCCCCCCCCCCCC. The number of rotatable bonds is 68. The maximum absolute atomic E-state index is 13.4. The Bertz CT molecular complexity index is 2100. The lowest BCUT2D eigenvalue weighted by atomic mass is 9.97. The third-order valence-corrected chi connectivity index (χ3v) is 19.5. The summed E-state index contributed by atoms with van der Waals surface area (Å²) >= 11 is 0. The average molecular weight is 1410 g/mol. The molecule has 0 saturated carbocycles. The lowest BCUT2D eigenvalue weighted by molar-refractivity contribution is -0.359. The largest absolute Gasteiger partial charge is 0.394 e. The molecule has 14 nitrogen and oxygen atoms in total. The Hall–Kier alpha value is -3.35. The minimum Gasteiger partial charge on any atom is -0.394 e. The molecule has 2 saturated heterocycles. The number of nitrogens with one attached hydrogen (secondary N) is 1. The molecule has 12 unspecified atom stereocenters. The van der Waals surface area contributed by atoms with Gasteiger partial charge in [-0.05, 0) is 83.5 Å². The molecule has 12 atom stereocenters. The molecule has 0 aromatic rings. The molecule has 14 heteroatoms. The van der Waals surface area contributed by atoms with Gasteiger partial charge in [0, 0.05) is 6.42 Å². The fourth-order valence-electron chi connectivity index (χ4n) is 13.1. The second-order valence-electron chi connectivity index (χ2n) is 28.5. The van der Waals surface area contributed by atoms with Crippen molar-refractivity contribution in [3.63, 3.8) is 0 Å². The van der Waals surface area contributed by atoms with Crippen LogP contribution in [0, 0.1) is 0 Å². The van der Waals surface area contributed by atoms with Crippen LogP contribution in [0.3, 0.4) is 0 Å². The Balaban J connectivity index is 1.62. The van der Waals surface area contributed by atoms with Crippen molar-refractivity contribution in [2.75, 3.05) is 19.8 Å². The van der Waals surface area contributed by atoms with Crippen molar-refractivity contribution in [2.45, 2.75) is 408 Å². The number of ether oxygens (including phenoxy) is 4. The summed E-state index contributed by atoms with van der Waals surface area (Å²) in [4.78, 5) is 13.4. The molecule has 9 N–H and O–H groups in total. The van der Waals surface area contributed by atoms with Crippen molar-refractivity contribution >= 4 is 5.91 Å². The van der Waals surface area contributed by atoms with Crippen LogP contribution in [0.25, 0.3) is 0 Å². The molecule has 0 aliphatic carbocycles. The highest BCUT2D eigenvalue weighted by molar-refractivity contribution is 5.76. The maximum atomic E-state index is 13.4. The Morgan fingerprint density at radius 3 is 1.06 bits per heavy atom. The number of carbonyl (C=O) groups excluding carboxylic acids is 1. The zero-order chi connectivity index (χ0) is 72.2. The first-order valence-electron chi connectivity index (χ1n) is 41.1. The van der Waals surface area contributed by atoms with Crippen LogP contribution in [-0.2, 0) is 23.7 Å². The standard InChI is InChI=1S/C86H151NO13/c1-3-5-7-9-11-13-15-17-19-21-23-25-27-29-31-33-35-36-37-38-40-42-44-46-48-50-52-54-56-58-60-62-64-66-68-70-78(91)87-74(73-97-85-83(96)81(94)84(77(72-89)99-85)100-86-82(95)80(93)79(92)76(71-88)98-86)75(90)69-67-65-63-61-59-57-55-53-51-49-47-45-43-41-39-34-32-30-28-26-24-22-20-18-16-14-12-10-8-6-4-2/h5,7,11,13,17,19,23,25,29,31,35-36,38,40,44,46,50,52,74-77,79-86,88-90,92-96H,3-4,6,8-10,12,14-16,18,20-22,24,26-28,30,32-34,37,39,41-43,45,47-49,51,53-73H2,1-2H3,(H,87,91)/b7-5-,13-11-,19-17-,25-23-,31-29-,36-35-,40-38-,46-44-,52-50-. The maximum Gasteiger partial charge on any atom is 0.220 e. The molecular weight excluding hydrogens is 1250 g/mol. The van der Waals surface area contributed by atoms with E-state index in [1.165, 1.54) is 180 Å². The molecule has 2 heterocycles. The fraction of sp³-hybridized carbons (Fsp3) is 0.779. The van der Waals surface area contributed by atoms with Crippen LogP contribution in [0.4, 0.5) is 0 Å². The predicted octanol–water partition coefficient (Wildman–Crippen LogP) is 19.0. The number of aliphatic hydroxyl groups is 8. The van der Waals surface area contributed by atoms with Gasteiger partial charge in [-0.15, -0.1) is 0 Å². The first kappa shape index (κ1) is 92.7. The Kier molecular flexibility index (Phi) is 63.7. The quantitative estimate of drug-likeness (QED) is 0.0204. The average Bonchev–Trinajstić information content (AvgIpc) is 0.790. The number of unbranched alkanes of at least 4 members (excludes halogenated alkanes) is 37. The van der Waals surface area contributed by atoms with E-state index in [4.69, 9.17) is 18.9 Å². The summed E-state index contributed by atoms with van der Waals surface area (Å²) in [7, 11) is 0. The highest BCUT2D eigenvalue weighted by Crippen LogP contribution is 2.30. The Morgan fingerprint density at radius 2 is 0.690 bits per heavy atom. The smallest absolute Gasteiger partial charge is 0.220 e. The number of amides is 1. The summed E-state index contributed by atoms with van der Waals surface area (Å²) < 4.78 is 23.0. The van der Waals surface area contributed by atoms with Crippen molar-refractivity contribution < 1.29 is 64.6 Å². The Morgan fingerprint density at radius 1 is 0.370 bits per heavy atom. The molecule has 578 valence electrons. The van der Waals surface area contributed by atoms with Gasteiger partial charge in [0.25, 0.3) is 0 Å². The molecule has 0 radical (unpaired) electrons. The number of hydrogen-bond acceptors (Lipinski definition) is 13. The van der Waals surface area contributed by atoms with Crippen LogP contribution in [0.15, 0.2) is 109 Å². The highest BCUT2D eigenvalue weighted by Gasteiger charge is 2.51. The van der Waals surface area contributed by atoms with Crippen LogP contribution in [0.2, 0.25) is 0 Å². The van der Waals surface area contributed by atoms with Crippen molar-refractivity contribution in [3.05, 3.63) is 109 Å². The Labute approximate surface area is 610 Å². The minimum absolute atomic E-state index is 0.218. The van der Waals surface area contributed by atoms with Crippen molar-refractivity contribution in [1.29, 1.82) is 0 Å². The van der Waals surface area contributed by atoms with Gasteiger partial charge in [-0.2, -0.15) is 0 Å². The molecule has 0 aromatic heterocycles. The van der Waals surface area contributed by atoms with Gasteiger partial charge >= 0.3 is 0 Å². The molecular formula is C86H151NO13. The first-order chi connectivity index (χ1) is 49.1. The zero-order valence-electron chi connectivity index (χ0n) is 63.4. The normalized spacial score (nSPS) is 22.4. The molecule has 100 heavy (non-hydrogen) atoms. The number of carbonyl (C=O) groups is 1. The number of hydrogen-bond donors (Lipinski definition) is 9. The van der Waals surface area contributed by atoms with Crippen LogP contribution in [0.1, 0.15) is 335 Å². The lowest BCUT2D eigenvalue weighted by Crippen LogP contribution is -2.65. The van der Waals surface area contributed by atoms with E-state index in [0.29, 0.717) is 12.8 Å². The third kappa shape index (κ3) is 50.9. The first-order valence-corrected chi connectivity index (χ1v) is 41.1. The third-order valence-electron chi connectivity index (χ3n) is 19.5. The predicted molar refractivity (Wildman–Crippen MR) is 415 cm³/mol. The van der Waals surface area contributed by atoms with E-state index in [1.54, 1.807) is 0 Å². The molecule has 1 amide bonds. The number of allylic oxidation sites excluding steroid dienone is 18. The molecule has 2 aliphatic rings. The van der Waals surface area contributed by atoms with Gasteiger partial charge < -0.3 is 65.1 Å². The highest BCUT2D eigenvalue weighted by atomic mass is 16.7. The van der Waals surface area contributed by atoms with Crippen molar-refractivity contribution in [3.8, 4) is 0 Å². The summed E-state index contributed by atoms with van der Waals surface area (Å²) in [5.74, 6) is -0.218. The van der Waals surface area contributed by atoms with Gasteiger partial charge in [0.2, 0.25) is 5.91 Å². The minimum atomic E-state index is -1.79. The number of aliphatic hydroxyl groups excluding tert-OH is 8. The lowest BCUT2D eigenvalue weighted by Gasteiger charge is -2.46. The van der Waals surface area contributed by atoms with E-state index in [2.05, 4.69) is 129 Å². The topological polar surface area (TPSA) is 228 Å². The second kappa shape index (κ2) is 68.7. The van der Waals surface area contributed by atoms with E-state index in [1.807, 2.05) is 0 Å². The zero-order valence-corrected chi connectivity index (χ0v) is 63.4. The van der Waals surface area contributed by atoms with Crippen molar-refractivity contribution in [2.24, 2.45) is 0 Å². The van der Waals surface area contributed by atoms with E-state index in [9.17, 15) is 45.6 Å². The molecule has 2 rings (SSSR count). The van der Waals surface area contributed by atoms with Crippen LogP contribution < -0.4 is 5.32 Å². The van der Waals surface area contributed by atoms with E-state index in [-0.39, 0.29) is 18.9 Å². The molecule has 0 spiro atoms. The van der Waals surface area contributed by atoms with Crippen LogP contribution in [0.5, 0.6) is 0 Å². The van der Waals surface area contributed by atoms with Gasteiger partial charge in [-0.3, -0.25) is 4.79 Å². The van der Waals surface area contributed by atoms with Crippen LogP contribution in [-0.4, -0.2) is 140 Å². The molecule has 0 bridgehead atoms. The monoisotopic (exact) mass is 1410 g/mol. The van der Waals surface area contributed by atoms with Gasteiger partial charge in [-0.1, -0.05) is 354 Å². The summed E-state index contributed by atoms with van der Waals surface area (Å²) in [5, 5.41) is 87.9. The molecule has 2 aliphatic heterocycles. The van der Waals surface area contributed by atoms with Gasteiger partial charge in [-0.25, -0.2) is 0 Å². The summed E-state index contributed by atoms with van der Waals surface area (Å²) in [5.41, 5.74) is 0. The molecule has 0 aromatic carbocycles. The summed E-state index contributed by atoms with van der Waals surface area (Å²) in [6.45, 7) is 2.78. The van der Waals surface area contributed by atoms with E-state index in [0.717, 1.165) is 122 Å².